The maximum atomic E-state index is 12.6. The second-order valence-electron chi connectivity index (χ2n) is 6.90. The van der Waals surface area contributed by atoms with Gasteiger partial charge < -0.3 is 14.8 Å². The van der Waals surface area contributed by atoms with E-state index in [2.05, 4.69) is 28.2 Å². The van der Waals surface area contributed by atoms with Crippen LogP contribution in [0.2, 0.25) is 0 Å². The van der Waals surface area contributed by atoms with Crippen molar-refractivity contribution in [1.29, 1.82) is 5.26 Å². The molecule has 1 amide bonds. The molecular weight excluding hydrogens is 444 g/mol. The number of carbonyl (C=O) groups is 1. The summed E-state index contributed by atoms with van der Waals surface area (Å²) >= 11 is 3.40. The lowest BCUT2D eigenvalue weighted by molar-refractivity contribution is -0.112. The van der Waals surface area contributed by atoms with Crippen molar-refractivity contribution in [1.82, 2.24) is 0 Å². The normalized spacial score (nSPS) is 11.0. The Morgan fingerprint density at radius 3 is 2.63 bits per heavy atom. The number of anilines is 1. The Balaban J connectivity index is 2.12. The Bertz CT molecular complexity index is 948. The summed E-state index contributed by atoms with van der Waals surface area (Å²) in [6.45, 7) is 4.69. The highest BCUT2D eigenvalue weighted by Gasteiger charge is 2.12. The highest BCUT2D eigenvalue weighted by Crippen LogP contribution is 2.29. The molecule has 0 atom stereocenters. The summed E-state index contributed by atoms with van der Waals surface area (Å²) in [5.74, 6) is 0.762. The number of carbonyl (C=O) groups excluding carboxylic acids is 1. The van der Waals surface area contributed by atoms with Crippen LogP contribution in [0.25, 0.3) is 6.08 Å². The summed E-state index contributed by atoms with van der Waals surface area (Å²) in [7, 11) is 1.57. The van der Waals surface area contributed by atoms with E-state index in [1.54, 1.807) is 31.4 Å². The molecule has 6 heteroatoms. The van der Waals surface area contributed by atoms with E-state index in [-0.39, 0.29) is 5.57 Å². The van der Waals surface area contributed by atoms with E-state index in [1.165, 1.54) is 18.9 Å². The molecule has 2 rings (SSSR count). The number of nitrogens with zero attached hydrogens (tertiary/aromatic N) is 1. The van der Waals surface area contributed by atoms with Crippen molar-refractivity contribution in [3.8, 4) is 17.6 Å². The average molecular weight is 471 g/mol. The minimum absolute atomic E-state index is 0.00704. The first-order chi connectivity index (χ1) is 14.5. The summed E-state index contributed by atoms with van der Waals surface area (Å²) in [6.07, 6.45) is 6.05. The standard InChI is InChI=1S/C24H27BrN2O3/c1-4-5-6-7-12-30-22-11-8-18(15-23(22)29-3)14-19(16-26)24(28)27-21-10-9-20(25)13-17(21)2/h8-11,13-15H,4-7,12H2,1-3H3,(H,27,28)/b19-14+. The van der Waals surface area contributed by atoms with Crippen molar-refractivity contribution >= 4 is 33.6 Å². The van der Waals surface area contributed by atoms with Crippen LogP contribution in [0, 0.1) is 18.3 Å². The second kappa shape index (κ2) is 12.0. The fourth-order valence-electron chi connectivity index (χ4n) is 2.88. The first-order valence-electron chi connectivity index (χ1n) is 9.98. The number of unbranched alkanes of at least 4 members (excludes halogenated alkanes) is 3. The molecule has 0 aromatic heterocycles. The lowest BCUT2D eigenvalue weighted by Gasteiger charge is -2.12. The molecule has 0 bridgehead atoms. The van der Waals surface area contributed by atoms with Gasteiger partial charge in [-0.1, -0.05) is 48.2 Å². The van der Waals surface area contributed by atoms with E-state index >= 15 is 0 Å². The molecule has 2 aromatic carbocycles. The van der Waals surface area contributed by atoms with Crippen LogP contribution in [0.3, 0.4) is 0 Å². The molecule has 2 aromatic rings. The van der Waals surface area contributed by atoms with Crippen LogP contribution in [0.5, 0.6) is 11.5 Å². The van der Waals surface area contributed by atoms with E-state index in [4.69, 9.17) is 9.47 Å². The van der Waals surface area contributed by atoms with Gasteiger partial charge in [-0.3, -0.25) is 4.79 Å². The van der Waals surface area contributed by atoms with Gasteiger partial charge in [-0.25, -0.2) is 0 Å². The van der Waals surface area contributed by atoms with Gasteiger partial charge in [-0.15, -0.1) is 0 Å². The Morgan fingerprint density at radius 2 is 1.97 bits per heavy atom. The minimum atomic E-state index is -0.460. The zero-order valence-corrected chi connectivity index (χ0v) is 19.2. The number of methoxy groups -OCH3 is 1. The van der Waals surface area contributed by atoms with Gasteiger partial charge in [0.15, 0.2) is 11.5 Å². The molecule has 0 radical (unpaired) electrons. The summed E-state index contributed by atoms with van der Waals surface area (Å²) in [5.41, 5.74) is 2.25. The average Bonchev–Trinajstić information content (AvgIpc) is 2.74. The number of hydrogen-bond donors (Lipinski definition) is 1. The third-order valence-electron chi connectivity index (χ3n) is 4.56. The molecule has 0 aliphatic heterocycles. The highest BCUT2D eigenvalue weighted by molar-refractivity contribution is 9.10. The van der Waals surface area contributed by atoms with Crippen LogP contribution in [0.15, 0.2) is 46.4 Å². The van der Waals surface area contributed by atoms with Gasteiger partial charge in [-0.2, -0.15) is 5.26 Å². The fraction of sp³-hybridized carbons (Fsp3) is 0.333. The SMILES string of the molecule is CCCCCCOc1ccc(/C=C(\C#N)C(=O)Nc2ccc(Br)cc2C)cc1OC. The Hall–Kier alpha value is -2.78. The van der Waals surface area contributed by atoms with Gasteiger partial charge in [0.05, 0.1) is 13.7 Å². The molecule has 0 aliphatic rings. The highest BCUT2D eigenvalue weighted by atomic mass is 79.9. The van der Waals surface area contributed by atoms with Gasteiger partial charge in [0.2, 0.25) is 0 Å². The number of ether oxygens (including phenoxy) is 2. The zero-order valence-electron chi connectivity index (χ0n) is 17.6. The van der Waals surface area contributed by atoms with Gasteiger partial charge >= 0.3 is 0 Å². The van der Waals surface area contributed by atoms with Crippen LogP contribution in [-0.4, -0.2) is 19.6 Å². The van der Waals surface area contributed by atoms with Gasteiger partial charge in [0, 0.05) is 10.2 Å². The second-order valence-corrected chi connectivity index (χ2v) is 7.82. The number of halogens is 1. The molecule has 30 heavy (non-hydrogen) atoms. The molecule has 0 heterocycles. The van der Waals surface area contributed by atoms with Crippen LogP contribution < -0.4 is 14.8 Å². The Kier molecular flexibility index (Phi) is 9.43. The number of rotatable bonds is 10. The lowest BCUT2D eigenvalue weighted by Crippen LogP contribution is -2.14. The van der Waals surface area contributed by atoms with Gasteiger partial charge in [0.25, 0.3) is 5.91 Å². The van der Waals surface area contributed by atoms with E-state index < -0.39 is 5.91 Å². The third-order valence-corrected chi connectivity index (χ3v) is 5.05. The monoisotopic (exact) mass is 470 g/mol. The van der Waals surface area contributed by atoms with Crippen LogP contribution in [0.1, 0.15) is 43.7 Å². The number of aryl methyl sites for hydroxylation is 1. The molecule has 5 nitrogen and oxygen atoms in total. The smallest absolute Gasteiger partial charge is 0.266 e. The van der Waals surface area contributed by atoms with E-state index in [0.717, 1.165) is 22.9 Å². The predicted molar refractivity (Wildman–Crippen MR) is 124 cm³/mol. The summed E-state index contributed by atoms with van der Waals surface area (Å²) in [4.78, 5) is 12.6. The van der Waals surface area contributed by atoms with Crippen molar-refractivity contribution < 1.29 is 14.3 Å². The third kappa shape index (κ3) is 6.93. The molecule has 0 saturated heterocycles. The minimum Gasteiger partial charge on any atom is -0.493 e. The summed E-state index contributed by atoms with van der Waals surface area (Å²) in [6, 6.07) is 12.9. The van der Waals surface area contributed by atoms with Crippen molar-refractivity contribution in [2.24, 2.45) is 0 Å². The van der Waals surface area contributed by atoms with Gasteiger partial charge in [-0.05, 0) is 60.9 Å². The number of benzene rings is 2. The fourth-order valence-corrected chi connectivity index (χ4v) is 3.35. The van der Waals surface area contributed by atoms with Gasteiger partial charge in [0.1, 0.15) is 11.6 Å². The van der Waals surface area contributed by atoms with E-state index in [0.29, 0.717) is 29.4 Å². The van der Waals surface area contributed by atoms with E-state index in [9.17, 15) is 10.1 Å². The topological polar surface area (TPSA) is 71.3 Å². The maximum Gasteiger partial charge on any atom is 0.266 e. The van der Waals surface area contributed by atoms with E-state index in [1.807, 2.05) is 25.1 Å². The van der Waals surface area contributed by atoms with Crippen molar-refractivity contribution in [2.45, 2.75) is 39.5 Å². The number of hydrogen-bond acceptors (Lipinski definition) is 4. The maximum absolute atomic E-state index is 12.6. The predicted octanol–water partition coefficient (Wildman–Crippen LogP) is 6.27. The molecular formula is C24H27BrN2O3. The number of amides is 1. The number of nitrogens with one attached hydrogen (secondary N) is 1. The molecule has 158 valence electrons. The van der Waals surface area contributed by atoms with Crippen molar-refractivity contribution in [2.75, 3.05) is 19.0 Å². The lowest BCUT2D eigenvalue weighted by atomic mass is 10.1. The largest absolute Gasteiger partial charge is 0.493 e. The Morgan fingerprint density at radius 1 is 1.17 bits per heavy atom. The quantitative estimate of drug-likeness (QED) is 0.252. The summed E-state index contributed by atoms with van der Waals surface area (Å²) in [5, 5.41) is 12.3. The molecule has 0 spiro atoms. The molecule has 0 saturated carbocycles. The molecule has 1 N–H and O–H groups in total. The van der Waals surface area contributed by atoms with Crippen LogP contribution >= 0.6 is 15.9 Å². The van der Waals surface area contributed by atoms with Crippen molar-refractivity contribution in [3.05, 3.63) is 57.6 Å². The Labute approximate surface area is 186 Å². The number of nitriles is 1. The zero-order chi connectivity index (χ0) is 21.9. The first-order valence-corrected chi connectivity index (χ1v) is 10.8. The first kappa shape index (κ1) is 23.5. The van der Waals surface area contributed by atoms with Crippen LogP contribution in [-0.2, 0) is 4.79 Å². The van der Waals surface area contributed by atoms with Crippen LogP contribution in [0.4, 0.5) is 5.69 Å². The molecule has 0 unspecified atom stereocenters. The molecule has 0 fully saturated rings. The summed E-state index contributed by atoms with van der Waals surface area (Å²) < 4.78 is 12.2. The van der Waals surface area contributed by atoms with Crippen molar-refractivity contribution in [3.63, 3.8) is 0 Å². The molecule has 0 aliphatic carbocycles.